The van der Waals surface area contributed by atoms with Gasteiger partial charge in [0.2, 0.25) is 0 Å². The van der Waals surface area contributed by atoms with E-state index in [1.54, 1.807) is 12.1 Å². The first kappa shape index (κ1) is 19.1. The molecule has 0 saturated carbocycles. The molecule has 0 unspecified atom stereocenters. The maximum atomic E-state index is 14.3. The molecule has 5 heteroatoms. The average molecular weight is 359 g/mol. The van der Waals surface area contributed by atoms with Gasteiger partial charge < -0.3 is 5.32 Å². The second-order valence-corrected chi connectivity index (χ2v) is 8.97. The largest absolute Gasteiger partial charge is 0.307 e. The van der Waals surface area contributed by atoms with Crippen LogP contribution in [0.5, 0.6) is 0 Å². The molecule has 1 saturated heterocycles. The van der Waals surface area contributed by atoms with Gasteiger partial charge in [-0.3, -0.25) is 9.58 Å². The van der Waals surface area contributed by atoms with Gasteiger partial charge in [-0.1, -0.05) is 18.2 Å². The molecule has 0 spiro atoms. The number of piperidine rings is 1. The predicted octanol–water partition coefficient (Wildman–Crippen LogP) is 3.87. The van der Waals surface area contributed by atoms with Crippen molar-refractivity contribution in [3.63, 3.8) is 0 Å². The molecule has 0 radical (unpaired) electrons. The minimum absolute atomic E-state index is 0.0504. The second-order valence-electron chi connectivity index (χ2n) is 8.97. The zero-order chi connectivity index (χ0) is 18.9. The Morgan fingerprint density at radius 2 is 1.81 bits per heavy atom. The Bertz CT molecular complexity index is 734. The summed E-state index contributed by atoms with van der Waals surface area (Å²) in [4.78, 5) is 2.42. The first-order valence-electron chi connectivity index (χ1n) is 9.38. The van der Waals surface area contributed by atoms with Crippen LogP contribution in [0.15, 0.2) is 36.7 Å². The number of hydrogen-bond donors (Lipinski definition) is 1. The zero-order valence-corrected chi connectivity index (χ0v) is 16.6. The first-order valence-corrected chi connectivity index (χ1v) is 9.38. The van der Waals surface area contributed by atoms with Crippen LogP contribution < -0.4 is 5.32 Å². The van der Waals surface area contributed by atoms with E-state index in [9.17, 15) is 4.39 Å². The van der Waals surface area contributed by atoms with E-state index in [4.69, 9.17) is 0 Å². The fourth-order valence-corrected chi connectivity index (χ4v) is 4.47. The standard InChI is InChI=1S/C21H31FN4/c1-20(2)10-18(11-21(3,4)24-20)26(14-16-12-23-25(5)13-16)15-17-8-6-7-9-19(17)22/h6-9,12-13,18,24H,10-11,14-15H2,1-5H3. The quantitative estimate of drug-likeness (QED) is 0.881. The molecule has 1 aromatic carbocycles. The predicted molar refractivity (Wildman–Crippen MR) is 103 cm³/mol. The number of hydrogen-bond acceptors (Lipinski definition) is 3. The van der Waals surface area contributed by atoms with E-state index in [0.29, 0.717) is 12.6 Å². The van der Waals surface area contributed by atoms with Gasteiger partial charge in [-0.25, -0.2) is 4.39 Å². The summed E-state index contributed by atoms with van der Waals surface area (Å²) in [6.45, 7) is 10.4. The van der Waals surface area contributed by atoms with E-state index in [2.05, 4.69) is 43.0 Å². The number of halogens is 1. The monoisotopic (exact) mass is 358 g/mol. The van der Waals surface area contributed by atoms with E-state index in [-0.39, 0.29) is 16.9 Å². The molecular formula is C21H31FN4. The molecule has 3 rings (SSSR count). The van der Waals surface area contributed by atoms with Gasteiger partial charge in [-0.05, 0) is 46.6 Å². The van der Waals surface area contributed by atoms with Gasteiger partial charge >= 0.3 is 0 Å². The van der Waals surface area contributed by atoms with Crippen LogP contribution in [0.2, 0.25) is 0 Å². The lowest BCUT2D eigenvalue weighted by molar-refractivity contribution is 0.0557. The molecule has 0 amide bonds. The van der Waals surface area contributed by atoms with Gasteiger partial charge in [0.1, 0.15) is 5.82 Å². The number of nitrogens with zero attached hydrogens (tertiary/aromatic N) is 3. The van der Waals surface area contributed by atoms with Crippen molar-refractivity contribution in [2.45, 2.75) is 70.7 Å². The van der Waals surface area contributed by atoms with E-state index in [1.165, 1.54) is 0 Å². The lowest BCUT2D eigenvalue weighted by Crippen LogP contribution is -2.62. The Morgan fingerprint density at radius 1 is 1.15 bits per heavy atom. The Hall–Kier alpha value is -1.72. The summed E-state index contributed by atoms with van der Waals surface area (Å²) in [5.41, 5.74) is 2.02. The number of aromatic nitrogens is 2. The lowest BCUT2D eigenvalue weighted by Gasteiger charge is -2.49. The molecule has 26 heavy (non-hydrogen) atoms. The van der Waals surface area contributed by atoms with Gasteiger partial charge in [0, 0.05) is 54.6 Å². The third-order valence-electron chi connectivity index (χ3n) is 5.16. The Balaban J connectivity index is 1.87. The van der Waals surface area contributed by atoms with Gasteiger partial charge in [-0.2, -0.15) is 5.10 Å². The normalized spacial score (nSPS) is 19.8. The van der Waals surface area contributed by atoms with Gasteiger partial charge in [0.25, 0.3) is 0 Å². The average Bonchev–Trinajstić information content (AvgIpc) is 2.91. The Labute approximate surface area is 156 Å². The molecule has 0 bridgehead atoms. The van der Waals surface area contributed by atoms with E-state index >= 15 is 0 Å². The van der Waals surface area contributed by atoms with E-state index in [1.807, 2.05) is 36.3 Å². The Kier molecular flexibility index (Phi) is 5.22. The molecule has 1 aromatic heterocycles. The van der Waals surface area contributed by atoms with Crippen LogP contribution in [-0.4, -0.2) is 31.8 Å². The number of rotatable bonds is 5. The highest BCUT2D eigenvalue weighted by atomic mass is 19.1. The molecule has 4 nitrogen and oxygen atoms in total. The third kappa shape index (κ3) is 4.71. The molecule has 1 fully saturated rings. The van der Waals surface area contributed by atoms with Crippen molar-refractivity contribution < 1.29 is 4.39 Å². The maximum absolute atomic E-state index is 14.3. The topological polar surface area (TPSA) is 33.1 Å². The fourth-order valence-electron chi connectivity index (χ4n) is 4.47. The summed E-state index contributed by atoms with van der Waals surface area (Å²) in [6, 6.07) is 7.48. The lowest BCUT2D eigenvalue weighted by atomic mass is 9.79. The summed E-state index contributed by atoms with van der Waals surface area (Å²) in [5, 5.41) is 8.04. The summed E-state index contributed by atoms with van der Waals surface area (Å²) in [7, 11) is 1.93. The molecule has 0 aliphatic carbocycles. The van der Waals surface area contributed by atoms with E-state index < -0.39 is 0 Å². The molecule has 1 aliphatic heterocycles. The van der Waals surface area contributed by atoms with Crippen LogP contribution in [0, 0.1) is 5.82 Å². The van der Waals surface area contributed by atoms with Gasteiger partial charge in [0.15, 0.2) is 0 Å². The molecule has 142 valence electrons. The molecular weight excluding hydrogens is 327 g/mol. The van der Waals surface area contributed by atoms with Crippen molar-refractivity contribution in [3.8, 4) is 0 Å². The maximum Gasteiger partial charge on any atom is 0.127 e. The molecule has 1 N–H and O–H groups in total. The Morgan fingerprint density at radius 3 is 2.38 bits per heavy atom. The van der Waals surface area contributed by atoms with Crippen molar-refractivity contribution in [1.29, 1.82) is 0 Å². The van der Waals surface area contributed by atoms with Gasteiger partial charge in [0.05, 0.1) is 6.20 Å². The van der Waals surface area contributed by atoms with Crippen LogP contribution in [0.1, 0.15) is 51.7 Å². The van der Waals surface area contributed by atoms with Crippen molar-refractivity contribution in [2.75, 3.05) is 0 Å². The summed E-state index contributed by atoms with van der Waals surface area (Å²) in [6.07, 6.45) is 6.02. The minimum Gasteiger partial charge on any atom is -0.307 e. The van der Waals surface area contributed by atoms with Crippen molar-refractivity contribution >= 4 is 0 Å². The van der Waals surface area contributed by atoms with Crippen molar-refractivity contribution in [2.24, 2.45) is 7.05 Å². The van der Waals surface area contributed by atoms with Gasteiger partial charge in [-0.15, -0.1) is 0 Å². The fraction of sp³-hybridized carbons (Fsp3) is 0.571. The molecule has 0 atom stereocenters. The van der Waals surface area contributed by atoms with Crippen LogP contribution >= 0.6 is 0 Å². The number of nitrogens with one attached hydrogen (secondary N) is 1. The van der Waals surface area contributed by atoms with Crippen molar-refractivity contribution in [3.05, 3.63) is 53.6 Å². The number of benzene rings is 1. The SMILES string of the molecule is Cn1cc(CN(Cc2ccccc2F)C2CC(C)(C)NC(C)(C)C2)cn1. The zero-order valence-electron chi connectivity index (χ0n) is 16.6. The summed E-state index contributed by atoms with van der Waals surface area (Å²) < 4.78 is 16.1. The summed E-state index contributed by atoms with van der Waals surface area (Å²) in [5.74, 6) is -0.129. The third-order valence-corrected chi connectivity index (χ3v) is 5.16. The van der Waals surface area contributed by atoms with Crippen LogP contribution in [0.4, 0.5) is 4.39 Å². The van der Waals surface area contributed by atoms with Crippen molar-refractivity contribution in [1.82, 2.24) is 20.0 Å². The molecule has 2 heterocycles. The molecule has 2 aromatic rings. The minimum atomic E-state index is -0.129. The van der Waals surface area contributed by atoms with Crippen LogP contribution in [-0.2, 0) is 20.1 Å². The highest BCUT2D eigenvalue weighted by Crippen LogP contribution is 2.33. The van der Waals surface area contributed by atoms with E-state index in [0.717, 1.165) is 30.5 Å². The second kappa shape index (κ2) is 7.12. The van der Waals surface area contributed by atoms with Crippen LogP contribution in [0.25, 0.3) is 0 Å². The number of aryl methyl sites for hydroxylation is 1. The first-order chi connectivity index (χ1) is 12.1. The smallest absolute Gasteiger partial charge is 0.127 e. The summed E-state index contributed by atoms with van der Waals surface area (Å²) >= 11 is 0. The highest BCUT2D eigenvalue weighted by molar-refractivity contribution is 5.18. The molecule has 1 aliphatic rings. The van der Waals surface area contributed by atoms with Crippen LogP contribution in [0.3, 0.4) is 0 Å². The highest BCUT2D eigenvalue weighted by Gasteiger charge is 2.40.